The number of nitrogens with one attached hydrogen (secondary N) is 1. The maximum Gasteiger partial charge on any atom is 0.287 e. The van der Waals surface area contributed by atoms with Crippen LogP contribution in [0.1, 0.15) is 15.4 Å². The Morgan fingerprint density at radius 1 is 1.53 bits per heavy atom. The van der Waals surface area contributed by atoms with Crippen molar-refractivity contribution in [2.45, 2.75) is 6.54 Å². The molecule has 0 atom stereocenters. The van der Waals surface area contributed by atoms with Gasteiger partial charge in [-0.3, -0.25) is 14.9 Å². The first kappa shape index (κ1) is 13.4. The second-order valence-electron chi connectivity index (χ2n) is 3.53. The molecule has 0 aliphatic rings. The Morgan fingerprint density at radius 3 is 2.89 bits per heavy atom. The van der Waals surface area contributed by atoms with Crippen LogP contribution in [0.3, 0.4) is 0 Å². The molecule has 0 radical (unpaired) electrons. The molecule has 19 heavy (non-hydrogen) atoms. The van der Waals surface area contributed by atoms with Gasteiger partial charge in [-0.05, 0) is 12.1 Å². The standard InChI is InChI=1S/C11H8ClN3O3S/c12-8-5-7(1-2-9(8)15(17)18)11(16)14-6-10-13-3-4-19-10/h1-5H,6H2,(H,14,16). The first-order valence-corrected chi connectivity index (χ1v) is 6.44. The third-order valence-corrected chi connectivity index (χ3v) is 3.37. The van der Waals surface area contributed by atoms with Crippen molar-refractivity contribution in [2.24, 2.45) is 0 Å². The largest absolute Gasteiger partial charge is 0.346 e. The Kier molecular flexibility index (Phi) is 4.08. The lowest BCUT2D eigenvalue weighted by Gasteiger charge is -2.03. The lowest BCUT2D eigenvalue weighted by molar-refractivity contribution is -0.384. The fraction of sp³-hybridized carbons (Fsp3) is 0.0909. The molecule has 1 aromatic carbocycles. The number of halogens is 1. The number of thiazole rings is 1. The molecule has 0 saturated carbocycles. The highest BCUT2D eigenvalue weighted by Crippen LogP contribution is 2.24. The zero-order valence-electron chi connectivity index (χ0n) is 9.50. The number of nitro benzene ring substituents is 1. The van der Waals surface area contributed by atoms with Crippen molar-refractivity contribution in [3.8, 4) is 0 Å². The second kappa shape index (κ2) is 5.77. The molecule has 0 bridgehead atoms. The Morgan fingerprint density at radius 2 is 2.32 bits per heavy atom. The molecule has 0 fully saturated rings. The van der Waals surface area contributed by atoms with Crippen LogP contribution >= 0.6 is 22.9 Å². The average molecular weight is 298 g/mol. The summed E-state index contributed by atoms with van der Waals surface area (Å²) in [6.07, 6.45) is 1.65. The summed E-state index contributed by atoms with van der Waals surface area (Å²) in [4.78, 5) is 25.8. The average Bonchev–Trinajstić information content (AvgIpc) is 2.88. The van der Waals surface area contributed by atoms with Gasteiger partial charge in [-0.1, -0.05) is 11.6 Å². The Hall–Kier alpha value is -1.99. The second-order valence-corrected chi connectivity index (χ2v) is 4.92. The minimum absolute atomic E-state index is 0.0631. The summed E-state index contributed by atoms with van der Waals surface area (Å²) in [5.74, 6) is -0.355. The molecule has 2 aromatic rings. The maximum atomic E-state index is 11.8. The zero-order chi connectivity index (χ0) is 13.8. The number of rotatable bonds is 4. The monoisotopic (exact) mass is 297 g/mol. The summed E-state index contributed by atoms with van der Waals surface area (Å²) in [7, 11) is 0. The maximum absolute atomic E-state index is 11.8. The number of nitro groups is 1. The van der Waals surface area contributed by atoms with E-state index in [0.29, 0.717) is 6.54 Å². The Labute approximate surface area is 117 Å². The number of carbonyl (C=O) groups is 1. The van der Waals surface area contributed by atoms with Gasteiger partial charge in [0, 0.05) is 23.2 Å². The van der Waals surface area contributed by atoms with E-state index in [0.717, 1.165) is 5.01 Å². The van der Waals surface area contributed by atoms with Gasteiger partial charge >= 0.3 is 0 Å². The van der Waals surface area contributed by atoms with Gasteiger partial charge in [-0.15, -0.1) is 11.3 Å². The summed E-state index contributed by atoms with van der Waals surface area (Å²) in [6, 6.07) is 3.85. The van der Waals surface area contributed by atoms with Crippen LogP contribution in [0.2, 0.25) is 5.02 Å². The summed E-state index contributed by atoms with van der Waals surface area (Å²) >= 11 is 7.16. The molecule has 98 valence electrons. The van der Waals surface area contributed by atoms with Gasteiger partial charge in [0.2, 0.25) is 0 Å². The minimum atomic E-state index is -0.598. The van der Waals surface area contributed by atoms with E-state index in [1.54, 1.807) is 6.20 Å². The molecule has 1 amide bonds. The van der Waals surface area contributed by atoms with Gasteiger partial charge in [0.05, 0.1) is 11.5 Å². The number of hydrogen-bond acceptors (Lipinski definition) is 5. The summed E-state index contributed by atoms with van der Waals surface area (Å²) in [5.41, 5.74) is 0.0466. The van der Waals surface area contributed by atoms with Crippen LogP contribution in [0.25, 0.3) is 0 Å². The molecule has 8 heteroatoms. The van der Waals surface area contributed by atoms with Crippen LogP contribution in [0.5, 0.6) is 0 Å². The molecular formula is C11H8ClN3O3S. The molecule has 6 nitrogen and oxygen atoms in total. The van der Waals surface area contributed by atoms with E-state index < -0.39 is 4.92 Å². The summed E-state index contributed by atoms with van der Waals surface area (Å²) in [5, 5.41) is 15.8. The van der Waals surface area contributed by atoms with Gasteiger partial charge < -0.3 is 5.32 Å². The quantitative estimate of drug-likeness (QED) is 0.694. The van der Waals surface area contributed by atoms with Crippen LogP contribution < -0.4 is 5.32 Å². The number of nitrogens with zero attached hydrogens (tertiary/aromatic N) is 2. The number of amides is 1. The first-order chi connectivity index (χ1) is 9.08. The van der Waals surface area contributed by atoms with Crippen molar-refractivity contribution < 1.29 is 9.72 Å². The first-order valence-electron chi connectivity index (χ1n) is 5.18. The molecule has 0 saturated heterocycles. The highest BCUT2D eigenvalue weighted by molar-refractivity contribution is 7.09. The minimum Gasteiger partial charge on any atom is -0.346 e. The van der Waals surface area contributed by atoms with Crippen LogP contribution in [-0.2, 0) is 6.54 Å². The van der Waals surface area contributed by atoms with Crippen molar-refractivity contribution in [3.63, 3.8) is 0 Å². The predicted molar refractivity (Wildman–Crippen MR) is 71.4 cm³/mol. The molecule has 0 aliphatic heterocycles. The zero-order valence-corrected chi connectivity index (χ0v) is 11.1. The SMILES string of the molecule is O=C(NCc1nccs1)c1ccc([N+](=O)[O-])c(Cl)c1. The van der Waals surface area contributed by atoms with E-state index in [1.165, 1.54) is 29.5 Å². The van der Waals surface area contributed by atoms with Crippen molar-refractivity contribution in [2.75, 3.05) is 0 Å². The Bertz CT molecular complexity index is 616. The van der Waals surface area contributed by atoms with E-state index in [4.69, 9.17) is 11.6 Å². The molecule has 0 spiro atoms. The number of benzene rings is 1. The highest BCUT2D eigenvalue weighted by atomic mass is 35.5. The van der Waals surface area contributed by atoms with E-state index in [1.807, 2.05) is 5.38 Å². The van der Waals surface area contributed by atoms with Gasteiger partial charge in [0.15, 0.2) is 0 Å². The number of carbonyl (C=O) groups excluding carboxylic acids is 1. The molecule has 1 heterocycles. The lowest BCUT2D eigenvalue weighted by atomic mass is 10.2. The third kappa shape index (κ3) is 3.27. The molecular weight excluding hydrogens is 290 g/mol. The van der Waals surface area contributed by atoms with E-state index >= 15 is 0 Å². The van der Waals surface area contributed by atoms with E-state index in [2.05, 4.69) is 10.3 Å². The van der Waals surface area contributed by atoms with Crippen molar-refractivity contribution >= 4 is 34.5 Å². The molecule has 1 N–H and O–H groups in total. The molecule has 0 unspecified atom stereocenters. The highest BCUT2D eigenvalue weighted by Gasteiger charge is 2.15. The van der Waals surface area contributed by atoms with Crippen LogP contribution in [0.4, 0.5) is 5.69 Å². The summed E-state index contributed by atoms with van der Waals surface area (Å²) in [6.45, 7) is 0.311. The smallest absolute Gasteiger partial charge is 0.287 e. The summed E-state index contributed by atoms with van der Waals surface area (Å²) < 4.78 is 0. The van der Waals surface area contributed by atoms with Gasteiger partial charge in [-0.25, -0.2) is 4.98 Å². The predicted octanol–water partition coefficient (Wildman–Crippen LogP) is 2.63. The van der Waals surface area contributed by atoms with Crippen LogP contribution in [0, 0.1) is 10.1 Å². The molecule has 1 aromatic heterocycles. The topological polar surface area (TPSA) is 85.1 Å². The van der Waals surface area contributed by atoms with Gasteiger partial charge in [0.1, 0.15) is 10.0 Å². The van der Waals surface area contributed by atoms with Gasteiger partial charge in [-0.2, -0.15) is 0 Å². The molecule has 0 aliphatic carbocycles. The number of hydrogen-bond donors (Lipinski definition) is 1. The molecule has 2 rings (SSSR count). The van der Waals surface area contributed by atoms with E-state index in [9.17, 15) is 14.9 Å². The van der Waals surface area contributed by atoms with Gasteiger partial charge in [0.25, 0.3) is 11.6 Å². The fourth-order valence-electron chi connectivity index (χ4n) is 1.39. The van der Waals surface area contributed by atoms with E-state index in [-0.39, 0.29) is 22.2 Å². The fourth-order valence-corrected chi connectivity index (χ4v) is 2.20. The van der Waals surface area contributed by atoms with Crippen LogP contribution in [-0.4, -0.2) is 15.8 Å². The third-order valence-electron chi connectivity index (χ3n) is 2.29. The van der Waals surface area contributed by atoms with Crippen molar-refractivity contribution in [1.29, 1.82) is 0 Å². The number of aromatic nitrogens is 1. The van der Waals surface area contributed by atoms with Crippen LogP contribution in [0.15, 0.2) is 29.8 Å². The lowest BCUT2D eigenvalue weighted by Crippen LogP contribution is -2.22. The van der Waals surface area contributed by atoms with Crippen molar-refractivity contribution in [1.82, 2.24) is 10.3 Å². The Balaban J connectivity index is 2.07. The normalized spacial score (nSPS) is 10.2. The van der Waals surface area contributed by atoms with Crippen molar-refractivity contribution in [3.05, 3.63) is 55.5 Å².